The molecule has 1 heterocycles. The number of rotatable bonds is 2. The average Bonchev–Trinajstić information content (AvgIpc) is 2.09. The van der Waals surface area contributed by atoms with E-state index in [1.807, 2.05) is 0 Å². The first-order chi connectivity index (χ1) is 5.74. The van der Waals surface area contributed by atoms with Crippen LogP contribution < -0.4 is 5.32 Å². The van der Waals surface area contributed by atoms with E-state index in [1.54, 1.807) is 19.2 Å². The van der Waals surface area contributed by atoms with Crippen molar-refractivity contribution in [3.05, 3.63) is 23.5 Å². The number of amides is 1. The third-order valence-electron chi connectivity index (χ3n) is 1.36. The standard InChI is InChI=1S/C8H9ClN2O/c1-2-8(12)11-7-5-10-4-3-6(7)9/h3-5H,2H2,1H3,(H,11,12). The van der Waals surface area contributed by atoms with Crippen molar-refractivity contribution in [1.29, 1.82) is 0 Å². The first-order valence-electron chi connectivity index (χ1n) is 3.63. The zero-order valence-corrected chi connectivity index (χ0v) is 7.43. The number of hydrogen-bond donors (Lipinski definition) is 1. The number of carbonyl (C=O) groups is 1. The molecule has 0 unspecified atom stereocenters. The van der Waals surface area contributed by atoms with Crippen molar-refractivity contribution in [1.82, 2.24) is 4.98 Å². The molecule has 12 heavy (non-hydrogen) atoms. The number of aromatic nitrogens is 1. The normalized spacial score (nSPS) is 9.50. The molecule has 1 aromatic rings. The molecule has 0 radical (unpaired) electrons. The highest BCUT2D eigenvalue weighted by molar-refractivity contribution is 6.33. The molecule has 0 aliphatic heterocycles. The Kier molecular flexibility index (Phi) is 3.05. The molecule has 0 aliphatic carbocycles. The average molecular weight is 185 g/mol. The summed E-state index contributed by atoms with van der Waals surface area (Å²) in [5, 5.41) is 3.13. The van der Waals surface area contributed by atoms with E-state index in [9.17, 15) is 4.79 Å². The van der Waals surface area contributed by atoms with Crippen molar-refractivity contribution in [2.45, 2.75) is 13.3 Å². The van der Waals surface area contributed by atoms with Crippen molar-refractivity contribution in [3.63, 3.8) is 0 Å². The highest BCUT2D eigenvalue weighted by Crippen LogP contribution is 2.18. The van der Waals surface area contributed by atoms with Gasteiger partial charge in [-0.1, -0.05) is 18.5 Å². The van der Waals surface area contributed by atoms with Gasteiger partial charge in [-0.3, -0.25) is 9.78 Å². The molecular formula is C8H9ClN2O. The predicted octanol–water partition coefficient (Wildman–Crippen LogP) is 2.08. The largest absolute Gasteiger partial charge is 0.324 e. The van der Waals surface area contributed by atoms with E-state index in [2.05, 4.69) is 10.3 Å². The predicted molar refractivity (Wildman–Crippen MR) is 48.2 cm³/mol. The fourth-order valence-corrected chi connectivity index (χ4v) is 0.860. The molecule has 64 valence electrons. The van der Waals surface area contributed by atoms with Gasteiger partial charge >= 0.3 is 0 Å². The van der Waals surface area contributed by atoms with Crippen LogP contribution in [0.15, 0.2) is 18.5 Å². The van der Waals surface area contributed by atoms with E-state index in [-0.39, 0.29) is 5.91 Å². The van der Waals surface area contributed by atoms with Crippen molar-refractivity contribution >= 4 is 23.2 Å². The van der Waals surface area contributed by atoms with Crippen LogP contribution in [0.1, 0.15) is 13.3 Å². The van der Waals surface area contributed by atoms with Gasteiger partial charge in [-0.05, 0) is 6.07 Å². The van der Waals surface area contributed by atoms with Gasteiger partial charge in [-0.15, -0.1) is 0 Å². The molecule has 0 saturated carbocycles. The minimum atomic E-state index is -0.0649. The minimum absolute atomic E-state index is 0.0649. The Morgan fingerprint density at radius 1 is 1.75 bits per heavy atom. The zero-order chi connectivity index (χ0) is 8.97. The van der Waals surface area contributed by atoms with Crippen molar-refractivity contribution < 1.29 is 4.79 Å². The third-order valence-corrected chi connectivity index (χ3v) is 1.69. The Labute approximate surface area is 75.8 Å². The SMILES string of the molecule is CCC(=O)Nc1cnccc1Cl. The molecule has 1 N–H and O–H groups in total. The van der Waals surface area contributed by atoms with Crippen molar-refractivity contribution in [2.24, 2.45) is 0 Å². The molecule has 0 spiro atoms. The summed E-state index contributed by atoms with van der Waals surface area (Å²) in [7, 11) is 0. The molecule has 0 atom stereocenters. The second-order valence-electron chi connectivity index (χ2n) is 2.26. The maximum atomic E-state index is 10.9. The summed E-state index contributed by atoms with van der Waals surface area (Å²) in [5.41, 5.74) is 0.561. The molecule has 1 rings (SSSR count). The monoisotopic (exact) mass is 184 g/mol. The minimum Gasteiger partial charge on any atom is -0.324 e. The second kappa shape index (κ2) is 4.07. The number of pyridine rings is 1. The van der Waals surface area contributed by atoms with Gasteiger partial charge in [0.2, 0.25) is 5.91 Å². The summed E-state index contributed by atoms with van der Waals surface area (Å²) in [6.45, 7) is 1.78. The number of anilines is 1. The molecule has 0 fully saturated rings. The van der Waals surface area contributed by atoms with Gasteiger partial charge in [0.25, 0.3) is 0 Å². The van der Waals surface area contributed by atoms with Crippen LogP contribution in [0.3, 0.4) is 0 Å². The summed E-state index contributed by atoms with van der Waals surface area (Å²) in [5.74, 6) is -0.0649. The van der Waals surface area contributed by atoms with Gasteiger partial charge in [0.15, 0.2) is 0 Å². The van der Waals surface area contributed by atoms with E-state index in [1.165, 1.54) is 6.20 Å². The topological polar surface area (TPSA) is 42.0 Å². The van der Waals surface area contributed by atoms with Crippen molar-refractivity contribution in [2.75, 3.05) is 5.32 Å². The molecule has 3 nitrogen and oxygen atoms in total. The van der Waals surface area contributed by atoms with Crippen LogP contribution in [0.5, 0.6) is 0 Å². The summed E-state index contributed by atoms with van der Waals surface area (Å²) >= 11 is 5.77. The zero-order valence-electron chi connectivity index (χ0n) is 6.67. The summed E-state index contributed by atoms with van der Waals surface area (Å²) in [6.07, 6.45) is 3.53. The Balaban J connectivity index is 2.75. The van der Waals surface area contributed by atoms with Crippen LogP contribution >= 0.6 is 11.6 Å². The molecule has 4 heteroatoms. The lowest BCUT2D eigenvalue weighted by molar-refractivity contribution is -0.115. The number of nitrogens with one attached hydrogen (secondary N) is 1. The number of carbonyl (C=O) groups excluding carboxylic acids is 1. The summed E-state index contributed by atoms with van der Waals surface area (Å²) < 4.78 is 0. The third kappa shape index (κ3) is 2.20. The maximum Gasteiger partial charge on any atom is 0.224 e. The Morgan fingerprint density at radius 3 is 3.08 bits per heavy atom. The summed E-state index contributed by atoms with van der Waals surface area (Å²) in [6, 6.07) is 1.63. The van der Waals surface area contributed by atoms with Gasteiger partial charge in [-0.25, -0.2) is 0 Å². The smallest absolute Gasteiger partial charge is 0.224 e. The molecule has 1 aromatic heterocycles. The van der Waals surface area contributed by atoms with E-state index < -0.39 is 0 Å². The van der Waals surface area contributed by atoms with Gasteiger partial charge in [0.1, 0.15) is 0 Å². The fraction of sp³-hybridized carbons (Fsp3) is 0.250. The highest BCUT2D eigenvalue weighted by Gasteiger charge is 2.01. The van der Waals surface area contributed by atoms with E-state index in [0.717, 1.165) is 0 Å². The highest BCUT2D eigenvalue weighted by atomic mass is 35.5. The van der Waals surface area contributed by atoms with Gasteiger partial charge in [-0.2, -0.15) is 0 Å². The Hall–Kier alpha value is -1.09. The van der Waals surface area contributed by atoms with Gasteiger partial charge < -0.3 is 5.32 Å². The molecule has 0 aliphatic rings. The lowest BCUT2D eigenvalue weighted by Crippen LogP contribution is -2.09. The van der Waals surface area contributed by atoms with Gasteiger partial charge in [0.05, 0.1) is 16.9 Å². The van der Waals surface area contributed by atoms with Crippen LogP contribution in [0.2, 0.25) is 5.02 Å². The second-order valence-corrected chi connectivity index (χ2v) is 2.66. The molecule has 1 amide bonds. The molecule has 0 bridgehead atoms. The number of nitrogens with zero attached hydrogens (tertiary/aromatic N) is 1. The van der Waals surface area contributed by atoms with Crippen LogP contribution in [0.25, 0.3) is 0 Å². The lowest BCUT2D eigenvalue weighted by Gasteiger charge is -2.03. The molecular weight excluding hydrogens is 176 g/mol. The lowest BCUT2D eigenvalue weighted by atomic mass is 10.4. The Morgan fingerprint density at radius 2 is 2.50 bits per heavy atom. The van der Waals surface area contributed by atoms with E-state index in [0.29, 0.717) is 17.1 Å². The van der Waals surface area contributed by atoms with Crippen LogP contribution in [0.4, 0.5) is 5.69 Å². The van der Waals surface area contributed by atoms with E-state index in [4.69, 9.17) is 11.6 Å². The Bertz CT molecular complexity index is 288. The molecule has 0 aromatic carbocycles. The first-order valence-corrected chi connectivity index (χ1v) is 4.01. The first kappa shape index (κ1) is 9.00. The van der Waals surface area contributed by atoms with Gasteiger partial charge in [0, 0.05) is 12.6 Å². The maximum absolute atomic E-state index is 10.9. The van der Waals surface area contributed by atoms with Crippen LogP contribution in [-0.4, -0.2) is 10.9 Å². The van der Waals surface area contributed by atoms with E-state index >= 15 is 0 Å². The molecule has 0 saturated heterocycles. The van der Waals surface area contributed by atoms with Crippen LogP contribution in [0, 0.1) is 0 Å². The number of hydrogen-bond acceptors (Lipinski definition) is 2. The van der Waals surface area contributed by atoms with Crippen molar-refractivity contribution in [3.8, 4) is 0 Å². The van der Waals surface area contributed by atoms with Crippen LogP contribution in [-0.2, 0) is 4.79 Å². The fourth-order valence-electron chi connectivity index (χ4n) is 0.708. The summed E-state index contributed by atoms with van der Waals surface area (Å²) in [4.78, 5) is 14.8. The number of halogens is 1. The quantitative estimate of drug-likeness (QED) is 0.765.